The highest BCUT2D eigenvalue weighted by Crippen LogP contribution is 2.35. The minimum atomic E-state index is 0.702. The van der Waals surface area contributed by atoms with Gasteiger partial charge in [0.2, 0.25) is 0 Å². The number of hydrogen-bond donors (Lipinski definition) is 1. The second kappa shape index (κ2) is 7.13. The van der Waals surface area contributed by atoms with Crippen LogP contribution in [0, 0.1) is 0 Å². The molecule has 19 heavy (non-hydrogen) atoms. The lowest BCUT2D eigenvalue weighted by Crippen LogP contribution is -2.25. The summed E-state index contributed by atoms with van der Waals surface area (Å²) in [5.41, 5.74) is 2.39. The van der Waals surface area contributed by atoms with E-state index in [1.165, 1.54) is 24.1 Å². The molecule has 0 atom stereocenters. The molecule has 1 saturated carbocycles. The summed E-state index contributed by atoms with van der Waals surface area (Å²) in [5.74, 6) is 0. The molecule has 0 spiro atoms. The molecule has 0 saturated heterocycles. The Kier molecular flexibility index (Phi) is 5.49. The molecule has 1 aromatic rings. The maximum absolute atomic E-state index is 6.42. The Labute approximate surface area is 120 Å². The second-order valence-corrected chi connectivity index (χ2v) is 5.38. The van der Waals surface area contributed by atoms with Crippen LogP contribution in [0.5, 0.6) is 0 Å². The monoisotopic (exact) mass is 282 g/mol. The summed E-state index contributed by atoms with van der Waals surface area (Å²) in [7, 11) is 1.71. The highest BCUT2D eigenvalue weighted by molar-refractivity contribution is 6.33. The van der Waals surface area contributed by atoms with Crippen molar-refractivity contribution < 1.29 is 4.74 Å². The van der Waals surface area contributed by atoms with Gasteiger partial charge in [-0.1, -0.05) is 17.7 Å². The minimum Gasteiger partial charge on any atom is -0.383 e. The van der Waals surface area contributed by atoms with Crippen LogP contribution in [0.4, 0.5) is 5.69 Å². The third-order valence-corrected chi connectivity index (χ3v) is 3.76. The topological polar surface area (TPSA) is 24.5 Å². The van der Waals surface area contributed by atoms with Crippen molar-refractivity contribution in [1.82, 2.24) is 5.32 Å². The fourth-order valence-corrected chi connectivity index (χ4v) is 2.62. The Hall–Kier alpha value is -0.770. The fraction of sp³-hybridized carbons (Fsp3) is 0.600. The molecular formula is C15H23ClN2O. The molecule has 0 radical (unpaired) electrons. The molecule has 2 rings (SSSR count). The van der Waals surface area contributed by atoms with Crippen LogP contribution in [-0.2, 0) is 11.3 Å². The van der Waals surface area contributed by atoms with E-state index in [4.69, 9.17) is 16.3 Å². The van der Waals surface area contributed by atoms with Crippen LogP contribution in [0.2, 0.25) is 5.02 Å². The first kappa shape index (κ1) is 14.6. The van der Waals surface area contributed by atoms with E-state index in [1.54, 1.807) is 7.11 Å². The average molecular weight is 283 g/mol. The van der Waals surface area contributed by atoms with Crippen molar-refractivity contribution in [2.45, 2.75) is 32.4 Å². The van der Waals surface area contributed by atoms with Gasteiger partial charge in [0.1, 0.15) is 0 Å². The molecule has 1 aromatic carbocycles. The SMILES string of the molecule is CCN(c1ccc(CNCCOC)cc1Cl)C1CC1. The van der Waals surface area contributed by atoms with Crippen LogP contribution >= 0.6 is 11.6 Å². The highest BCUT2D eigenvalue weighted by atomic mass is 35.5. The minimum absolute atomic E-state index is 0.702. The number of methoxy groups -OCH3 is 1. The molecule has 1 N–H and O–H groups in total. The van der Waals surface area contributed by atoms with E-state index >= 15 is 0 Å². The van der Waals surface area contributed by atoms with Crippen LogP contribution in [0.25, 0.3) is 0 Å². The molecule has 1 fully saturated rings. The van der Waals surface area contributed by atoms with E-state index in [1.807, 2.05) is 0 Å². The Balaban J connectivity index is 1.96. The number of benzene rings is 1. The number of rotatable bonds is 8. The van der Waals surface area contributed by atoms with Gasteiger partial charge in [-0.25, -0.2) is 0 Å². The molecule has 0 amide bonds. The fourth-order valence-electron chi connectivity index (χ4n) is 2.31. The van der Waals surface area contributed by atoms with Gasteiger partial charge in [0.15, 0.2) is 0 Å². The third kappa shape index (κ3) is 4.10. The van der Waals surface area contributed by atoms with Gasteiger partial charge in [0.05, 0.1) is 17.3 Å². The van der Waals surface area contributed by atoms with Crippen LogP contribution in [0.1, 0.15) is 25.3 Å². The normalized spacial score (nSPS) is 14.7. The summed E-state index contributed by atoms with van der Waals surface area (Å²) in [6, 6.07) is 7.08. The standard InChI is InChI=1S/C15H23ClN2O/c1-3-18(13-5-6-13)15-7-4-12(10-14(15)16)11-17-8-9-19-2/h4,7,10,13,17H,3,5-6,8-9,11H2,1-2H3. The Morgan fingerprint density at radius 3 is 2.79 bits per heavy atom. The summed E-state index contributed by atoms with van der Waals surface area (Å²) >= 11 is 6.42. The van der Waals surface area contributed by atoms with Gasteiger partial charge in [-0.3, -0.25) is 0 Å². The first-order valence-corrected chi connectivity index (χ1v) is 7.38. The van der Waals surface area contributed by atoms with Crippen LogP contribution < -0.4 is 10.2 Å². The van der Waals surface area contributed by atoms with Crippen molar-refractivity contribution >= 4 is 17.3 Å². The smallest absolute Gasteiger partial charge is 0.0642 e. The van der Waals surface area contributed by atoms with Gasteiger partial charge >= 0.3 is 0 Å². The molecule has 0 bridgehead atoms. The van der Waals surface area contributed by atoms with Crippen molar-refractivity contribution in [1.29, 1.82) is 0 Å². The molecule has 1 aliphatic carbocycles. The Morgan fingerprint density at radius 1 is 1.42 bits per heavy atom. The Bertz CT molecular complexity index is 407. The number of nitrogens with one attached hydrogen (secondary N) is 1. The predicted octanol–water partition coefficient (Wildman–Crippen LogP) is 3.06. The zero-order valence-corrected chi connectivity index (χ0v) is 12.5. The Morgan fingerprint density at radius 2 is 2.21 bits per heavy atom. The molecule has 0 aliphatic heterocycles. The first-order valence-electron chi connectivity index (χ1n) is 7.01. The van der Waals surface area contributed by atoms with E-state index in [9.17, 15) is 0 Å². The van der Waals surface area contributed by atoms with E-state index in [0.717, 1.165) is 31.3 Å². The van der Waals surface area contributed by atoms with Crippen molar-refractivity contribution in [2.75, 3.05) is 31.7 Å². The highest BCUT2D eigenvalue weighted by Gasteiger charge is 2.29. The van der Waals surface area contributed by atoms with Crippen molar-refractivity contribution in [2.24, 2.45) is 0 Å². The second-order valence-electron chi connectivity index (χ2n) is 4.97. The number of nitrogens with zero attached hydrogens (tertiary/aromatic N) is 1. The zero-order valence-electron chi connectivity index (χ0n) is 11.8. The lowest BCUT2D eigenvalue weighted by Gasteiger charge is -2.24. The molecule has 4 heteroatoms. The number of ether oxygens (including phenoxy) is 1. The molecule has 0 aromatic heterocycles. The maximum atomic E-state index is 6.42. The third-order valence-electron chi connectivity index (χ3n) is 3.46. The van der Waals surface area contributed by atoms with Crippen LogP contribution in [-0.4, -0.2) is 32.8 Å². The summed E-state index contributed by atoms with van der Waals surface area (Å²) in [6.45, 7) is 5.64. The largest absolute Gasteiger partial charge is 0.383 e. The average Bonchev–Trinajstić information content (AvgIpc) is 3.22. The van der Waals surface area contributed by atoms with Gasteiger partial charge < -0.3 is 15.0 Å². The van der Waals surface area contributed by atoms with Gasteiger partial charge in [0.25, 0.3) is 0 Å². The predicted molar refractivity (Wildman–Crippen MR) is 81.1 cm³/mol. The molecule has 0 heterocycles. The van der Waals surface area contributed by atoms with Gasteiger partial charge in [-0.05, 0) is 37.5 Å². The van der Waals surface area contributed by atoms with E-state index < -0.39 is 0 Å². The number of anilines is 1. The molecule has 3 nitrogen and oxygen atoms in total. The lowest BCUT2D eigenvalue weighted by atomic mass is 10.2. The van der Waals surface area contributed by atoms with Gasteiger partial charge in [-0.2, -0.15) is 0 Å². The van der Waals surface area contributed by atoms with Crippen LogP contribution in [0.15, 0.2) is 18.2 Å². The first-order chi connectivity index (χ1) is 9.26. The summed E-state index contributed by atoms with van der Waals surface area (Å²) in [4.78, 5) is 2.41. The van der Waals surface area contributed by atoms with Crippen molar-refractivity contribution in [3.05, 3.63) is 28.8 Å². The number of hydrogen-bond acceptors (Lipinski definition) is 3. The lowest BCUT2D eigenvalue weighted by molar-refractivity contribution is 0.199. The summed E-state index contributed by atoms with van der Waals surface area (Å²) in [5, 5.41) is 4.19. The van der Waals surface area contributed by atoms with E-state index in [-0.39, 0.29) is 0 Å². The van der Waals surface area contributed by atoms with Crippen molar-refractivity contribution in [3.63, 3.8) is 0 Å². The molecule has 0 unspecified atom stereocenters. The molecular weight excluding hydrogens is 260 g/mol. The van der Waals surface area contributed by atoms with Crippen molar-refractivity contribution in [3.8, 4) is 0 Å². The maximum Gasteiger partial charge on any atom is 0.0642 e. The number of halogens is 1. The quantitative estimate of drug-likeness (QED) is 0.742. The van der Waals surface area contributed by atoms with Gasteiger partial charge in [-0.15, -0.1) is 0 Å². The summed E-state index contributed by atoms with van der Waals surface area (Å²) in [6.07, 6.45) is 2.59. The summed E-state index contributed by atoms with van der Waals surface area (Å²) < 4.78 is 5.01. The zero-order chi connectivity index (χ0) is 13.7. The molecule has 1 aliphatic rings. The van der Waals surface area contributed by atoms with Gasteiger partial charge in [0, 0.05) is 32.8 Å². The van der Waals surface area contributed by atoms with Crippen LogP contribution in [0.3, 0.4) is 0 Å². The van der Waals surface area contributed by atoms with E-state index in [0.29, 0.717) is 6.04 Å². The molecule has 106 valence electrons. The van der Waals surface area contributed by atoms with E-state index in [2.05, 4.69) is 35.3 Å².